The van der Waals surface area contributed by atoms with Crippen LogP contribution in [0.2, 0.25) is 0 Å². The molecule has 0 aromatic heterocycles. The Hall–Kier alpha value is -0.860. The first kappa shape index (κ1) is 11.6. The van der Waals surface area contributed by atoms with Crippen molar-refractivity contribution in [2.45, 2.75) is 45.7 Å². The van der Waals surface area contributed by atoms with E-state index in [9.17, 15) is 5.21 Å². The Morgan fingerprint density at radius 3 is 2.12 bits per heavy atom. The highest BCUT2D eigenvalue weighted by Crippen LogP contribution is 2.53. The van der Waals surface area contributed by atoms with Crippen LogP contribution >= 0.6 is 0 Å². The minimum Gasteiger partial charge on any atom is -0.784 e. The van der Waals surface area contributed by atoms with Crippen molar-refractivity contribution in [3.05, 3.63) is 41.1 Å². The molecular formula is C14H20NO-. The third kappa shape index (κ3) is 1.76. The first-order valence-corrected chi connectivity index (χ1v) is 5.86. The molecular weight excluding hydrogens is 198 g/mol. The Labute approximate surface area is 97.9 Å². The lowest BCUT2D eigenvalue weighted by Crippen LogP contribution is -2.34. The summed E-state index contributed by atoms with van der Waals surface area (Å²) in [5, 5.41) is 13.6. The predicted molar refractivity (Wildman–Crippen MR) is 66.9 cm³/mol. The third-order valence-electron chi connectivity index (χ3n) is 3.57. The van der Waals surface area contributed by atoms with Gasteiger partial charge in [0.05, 0.1) is 0 Å². The van der Waals surface area contributed by atoms with Crippen LogP contribution in [-0.4, -0.2) is 10.6 Å². The summed E-state index contributed by atoms with van der Waals surface area (Å²) in [7, 11) is 0. The molecule has 1 fully saturated rings. The number of hydroxylamine groups is 2. The van der Waals surface area contributed by atoms with Crippen LogP contribution in [0.15, 0.2) is 30.3 Å². The second-order valence-electron chi connectivity index (χ2n) is 6.12. The summed E-state index contributed by atoms with van der Waals surface area (Å²) in [4.78, 5) is 0. The highest BCUT2D eigenvalue weighted by molar-refractivity contribution is 5.25. The maximum Gasteiger partial charge on any atom is 0.0287 e. The first-order chi connectivity index (χ1) is 7.34. The molecule has 0 radical (unpaired) electrons. The van der Waals surface area contributed by atoms with E-state index in [1.807, 2.05) is 32.0 Å². The molecule has 0 bridgehead atoms. The van der Waals surface area contributed by atoms with Crippen molar-refractivity contribution in [2.75, 3.05) is 0 Å². The van der Waals surface area contributed by atoms with Gasteiger partial charge in [-0.3, -0.25) is 0 Å². The second-order valence-corrected chi connectivity index (χ2v) is 6.12. The van der Waals surface area contributed by atoms with Gasteiger partial charge in [-0.15, -0.1) is 0 Å². The fourth-order valence-electron chi connectivity index (χ4n) is 3.18. The summed E-state index contributed by atoms with van der Waals surface area (Å²) in [5.74, 6) is 0. The summed E-state index contributed by atoms with van der Waals surface area (Å²) in [6.45, 7) is 8.43. The van der Waals surface area contributed by atoms with E-state index in [4.69, 9.17) is 0 Å². The summed E-state index contributed by atoms with van der Waals surface area (Å²) in [6, 6.07) is 10.1. The normalized spacial score (nSPS) is 28.2. The number of hydrogen-bond acceptors (Lipinski definition) is 2. The van der Waals surface area contributed by atoms with Gasteiger partial charge >= 0.3 is 0 Å². The van der Waals surface area contributed by atoms with Crippen LogP contribution in [0.4, 0.5) is 0 Å². The van der Waals surface area contributed by atoms with Gasteiger partial charge in [0, 0.05) is 11.6 Å². The van der Waals surface area contributed by atoms with E-state index >= 15 is 0 Å². The molecule has 0 spiro atoms. The van der Waals surface area contributed by atoms with Crippen molar-refractivity contribution >= 4 is 0 Å². The van der Waals surface area contributed by atoms with Gasteiger partial charge in [0.1, 0.15) is 0 Å². The third-order valence-corrected chi connectivity index (χ3v) is 3.57. The van der Waals surface area contributed by atoms with Gasteiger partial charge in [0.2, 0.25) is 0 Å². The fourth-order valence-corrected chi connectivity index (χ4v) is 3.18. The van der Waals surface area contributed by atoms with Gasteiger partial charge < -0.3 is 10.3 Å². The molecule has 0 aliphatic carbocycles. The maximum atomic E-state index is 12.4. The van der Waals surface area contributed by atoms with Crippen molar-refractivity contribution in [3.8, 4) is 0 Å². The van der Waals surface area contributed by atoms with Crippen molar-refractivity contribution in [1.82, 2.24) is 5.06 Å². The van der Waals surface area contributed by atoms with E-state index in [-0.39, 0.29) is 17.0 Å². The molecule has 88 valence electrons. The average molecular weight is 218 g/mol. The summed E-state index contributed by atoms with van der Waals surface area (Å²) < 4.78 is 0. The van der Waals surface area contributed by atoms with Crippen molar-refractivity contribution in [1.29, 1.82) is 0 Å². The van der Waals surface area contributed by atoms with Gasteiger partial charge in [-0.2, -0.15) is 0 Å². The van der Waals surface area contributed by atoms with Gasteiger partial charge in [-0.25, -0.2) is 0 Å². The number of benzene rings is 1. The van der Waals surface area contributed by atoms with Crippen LogP contribution in [0.5, 0.6) is 0 Å². The van der Waals surface area contributed by atoms with Gasteiger partial charge in [0.25, 0.3) is 0 Å². The van der Waals surface area contributed by atoms with Gasteiger partial charge in [-0.05, 0) is 31.2 Å². The zero-order chi connectivity index (χ0) is 12.0. The SMILES string of the molecule is CC1(C)CC(C)(C)N([O-])C1c1ccccc1. The second kappa shape index (κ2) is 3.57. The minimum absolute atomic E-state index is 0.0244. The highest BCUT2D eigenvalue weighted by atomic mass is 16.5. The summed E-state index contributed by atoms with van der Waals surface area (Å²) in [5.41, 5.74) is 0.907. The number of rotatable bonds is 1. The highest BCUT2D eigenvalue weighted by Gasteiger charge is 2.46. The molecule has 2 heteroatoms. The average Bonchev–Trinajstić information content (AvgIpc) is 2.33. The van der Waals surface area contributed by atoms with Crippen molar-refractivity contribution in [2.24, 2.45) is 5.41 Å². The first-order valence-electron chi connectivity index (χ1n) is 5.86. The van der Waals surface area contributed by atoms with Crippen LogP contribution in [0.3, 0.4) is 0 Å². The molecule has 1 aromatic carbocycles. The molecule has 1 heterocycles. The van der Waals surface area contributed by atoms with E-state index in [0.29, 0.717) is 0 Å². The molecule has 1 aromatic rings. The lowest BCUT2D eigenvalue weighted by atomic mass is 9.79. The zero-order valence-corrected chi connectivity index (χ0v) is 10.5. The molecule has 2 rings (SSSR count). The predicted octanol–water partition coefficient (Wildman–Crippen LogP) is 3.74. The Morgan fingerprint density at radius 2 is 1.69 bits per heavy atom. The zero-order valence-electron chi connectivity index (χ0n) is 10.5. The van der Waals surface area contributed by atoms with Crippen LogP contribution in [0.1, 0.15) is 45.7 Å². The van der Waals surface area contributed by atoms with E-state index in [0.717, 1.165) is 12.0 Å². The largest absolute Gasteiger partial charge is 0.784 e. The Kier molecular flexibility index (Phi) is 2.59. The molecule has 0 amide bonds. The Bertz CT molecular complexity index is 370. The van der Waals surface area contributed by atoms with Crippen molar-refractivity contribution < 1.29 is 0 Å². The van der Waals surface area contributed by atoms with Gasteiger partial charge in [0.15, 0.2) is 0 Å². The van der Waals surface area contributed by atoms with Crippen LogP contribution in [0.25, 0.3) is 0 Å². The van der Waals surface area contributed by atoms with Crippen LogP contribution in [-0.2, 0) is 0 Å². The lowest BCUT2D eigenvalue weighted by Gasteiger charge is -2.43. The number of hydrogen-bond donors (Lipinski definition) is 0. The van der Waals surface area contributed by atoms with E-state index in [1.165, 1.54) is 5.06 Å². The standard InChI is InChI=1S/C14H20NO/c1-13(2)10-14(3,4)15(16)12(13)11-8-6-5-7-9-11/h5-9,12H,10H2,1-4H3/q-1. The van der Waals surface area contributed by atoms with Crippen LogP contribution < -0.4 is 0 Å². The van der Waals surface area contributed by atoms with Crippen LogP contribution in [0, 0.1) is 10.6 Å². The number of nitrogens with zero attached hydrogens (tertiary/aromatic N) is 1. The Balaban J connectivity index is 2.41. The Morgan fingerprint density at radius 1 is 1.12 bits per heavy atom. The van der Waals surface area contributed by atoms with Gasteiger partial charge in [-0.1, -0.05) is 44.2 Å². The molecule has 1 aliphatic rings. The quantitative estimate of drug-likeness (QED) is 0.717. The molecule has 0 saturated carbocycles. The topological polar surface area (TPSA) is 26.3 Å². The van der Waals surface area contributed by atoms with E-state index in [2.05, 4.69) is 26.0 Å². The molecule has 1 saturated heterocycles. The molecule has 1 atom stereocenters. The minimum atomic E-state index is -0.260. The molecule has 2 nitrogen and oxygen atoms in total. The molecule has 1 aliphatic heterocycles. The lowest BCUT2D eigenvalue weighted by molar-refractivity contribution is 0.181. The molecule has 0 N–H and O–H groups in total. The van der Waals surface area contributed by atoms with E-state index in [1.54, 1.807) is 0 Å². The fraction of sp³-hybridized carbons (Fsp3) is 0.571. The maximum absolute atomic E-state index is 12.4. The monoisotopic (exact) mass is 218 g/mol. The van der Waals surface area contributed by atoms with E-state index < -0.39 is 0 Å². The smallest absolute Gasteiger partial charge is 0.0287 e. The summed E-state index contributed by atoms with van der Waals surface area (Å²) >= 11 is 0. The van der Waals surface area contributed by atoms with Crippen molar-refractivity contribution in [3.63, 3.8) is 0 Å². The summed E-state index contributed by atoms with van der Waals surface area (Å²) in [6.07, 6.45) is 0.934. The molecule has 16 heavy (non-hydrogen) atoms. The molecule has 1 unspecified atom stereocenters.